The van der Waals surface area contributed by atoms with E-state index in [1.165, 1.54) is 12.0 Å². The first-order valence-electron chi connectivity index (χ1n) is 10.3. The second-order valence-electron chi connectivity index (χ2n) is 7.79. The summed E-state index contributed by atoms with van der Waals surface area (Å²) in [5.74, 6) is -3.46. The average molecular weight is 424 g/mol. The molecule has 2 aliphatic rings. The fourth-order valence-corrected chi connectivity index (χ4v) is 4.76. The van der Waals surface area contributed by atoms with Crippen molar-refractivity contribution in [3.8, 4) is 0 Å². The van der Waals surface area contributed by atoms with Crippen LogP contribution < -0.4 is 4.90 Å². The van der Waals surface area contributed by atoms with Gasteiger partial charge < -0.3 is 4.74 Å². The largest absolute Gasteiger partial charge is 0.467 e. The Morgan fingerprint density at radius 2 is 1.41 bits per heavy atom. The number of anilines is 1. The van der Waals surface area contributed by atoms with E-state index < -0.39 is 35.2 Å². The first-order chi connectivity index (χ1) is 15.6. The van der Waals surface area contributed by atoms with Crippen LogP contribution in [-0.4, -0.2) is 30.6 Å². The predicted molar refractivity (Wildman–Crippen MR) is 119 cm³/mol. The van der Waals surface area contributed by atoms with E-state index in [0.29, 0.717) is 22.5 Å². The summed E-state index contributed by atoms with van der Waals surface area (Å²) in [4.78, 5) is 46.8. The maximum absolute atomic E-state index is 13.8. The van der Waals surface area contributed by atoms with Gasteiger partial charge in [-0.3, -0.25) is 14.6 Å². The molecule has 0 N–H and O–H groups in total. The summed E-state index contributed by atoms with van der Waals surface area (Å²) in [6.07, 6.45) is 0. The number of carbonyl (C=O) groups is 3. The normalized spacial score (nSPS) is 24.3. The Morgan fingerprint density at radius 3 is 2.00 bits per heavy atom. The number of rotatable bonds is 4. The van der Waals surface area contributed by atoms with Crippen molar-refractivity contribution in [2.45, 2.75) is 5.54 Å². The summed E-state index contributed by atoms with van der Waals surface area (Å²) >= 11 is 0. The minimum Gasteiger partial charge on any atom is -0.467 e. The molecular weight excluding hydrogens is 404 g/mol. The number of methoxy groups -OCH3 is 1. The number of fused-ring (bicyclic) bond motifs is 1. The van der Waals surface area contributed by atoms with Crippen molar-refractivity contribution < 1.29 is 19.1 Å². The predicted octanol–water partition coefficient (Wildman–Crippen LogP) is 3.36. The Labute approximate surface area is 185 Å². The van der Waals surface area contributed by atoms with E-state index in [1.54, 1.807) is 48.5 Å². The van der Waals surface area contributed by atoms with Crippen molar-refractivity contribution in [2.75, 3.05) is 12.0 Å². The number of benzene rings is 3. The second kappa shape index (κ2) is 7.57. The molecule has 3 aromatic carbocycles. The fraction of sp³-hybridized carbons (Fsp3) is 0.154. The molecule has 0 unspecified atom stereocenters. The van der Waals surface area contributed by atoms with Crippen LogP contribution in [0.15, 0.2) is 96.0 Å². The van der Waals surface area contributed by atoms with Crippen LogP contribution in [0.5, 0.6) is 0 Å². The highest BCUT2D eigenvalue weighted by Gasteiger charge is 2.67. The molecule has 158 valence electrons. The number of hydrogen-bond acceptors (Lipinski definition) is 5. The molecule has 2 aliphatic heterocycles. The van der Waals surface area contributed by atoms with E-state index in [-0.39, 0.29) is 0 Å². The molecule has 2 amide bonds. The quantitative estimate of drug-likeness (QED) is 0.475. The molecule has 0 bridgehead atoms. The Hall–Kier alpha value is -4.06. The van der Waals surface area contributed by atoms with Crippen molar-refractivity contribution in [3.63, 3.8) is 0 Å². The lowest BCUT2D eigenvalue weighted by molar-refractivity contribution is -0.151. The number of esters is 1. The van der Waals surface area contributed by atoms with E-state index in [9.17, 15) is 14.4 Å². The van der Waals surface area contributed by atoms with E-state index in [4.69, 9.17) is 9.73 Å². The average Bonchev–Trinajstić information content (AvgIpc) is 3.34. The van der Waals surface area contributed by atoms with Gasteiger partial charge in [0.1, 0.15) is 0 Å². The van der Waals surface area contributed by atoms with Gasteiger partial charge in [-0.15, -0.1) is 0 Å². The van der Waals surface area contributed by atoms with Gasteiger partial charge in [-0.25, -0.2) is 9.69 Å². The highest BCUT2D eigenvalue weighted by molar-refractivity contribution is 6.33. The molecule has 0 radical (unpaired) electrons. The van der Waals surface area contributed by atoms with Crippen LogP contribution in [-0.2, 0) is 24.7 Å². The zero-order valence-corrected chi connectivity index (χ0v) is 17.3. The zero-order valence-electron chi connectivity index (χ0n) is 17.3. The molecule has 1 saturated heterocycles. The molecule has 1 fully saturated rings. The highest BCUT2D eigenvalue weighted by Crippen LogP contribution is 2.51. The summed E-state index contributed by atoms with van der Waals surface area (Å²) in [5, 5.41) is 0. The molecule has 32 heavy (non-hydrogen) atoms. The Morgan fingerprint density at radius 1 is 0.844 bits per heavy atom. The van der Waals surface area contributed by atoms with Gasteiger partial charge in [-0.05, 0) is 23.3 Å². The monoisotopic (exact) mass is 424 g/mol. The van der Waals surface area contributed by atoms with Crippen molar-refractivity contribution >= 4 is 29.2 Å². The van der Waals surface area contributed by atoms with E-state index in [1.807, 2.05) is 42.5 Å². The smallest absolute Gasteiger partial charge is 0.339 e. The van der Waals surface area contributed by atoms with Crippen molar-refractivity contribution in [1.29, 1.82) is 0 Å². The third kappa shape index (κ3) is 2.73. The minimum atomic E-state index is -1.65. The van der Waals surface area contributed by atoms with Crippen LogP contribution in [0.2, 0.25) is 0 Å². The van der Waals surface area contributed by atoms with Crippen LogP contribution in [0.1, 0.15) is 11.1 Å². The summed E-state index contributed by atoms with van der Waals surface area (Å²) in [6, 6.07) is 26.8. The van der Waals surface area contributed by atoms with Gasteiger partial charge in [-0.1, -0.05) is 78.9 Å². The van der Waals surface area contributed by atoms with Crippen molar-refractivity contribution in [2.24, 2.45) is 16.8 Å². The lowest BCUT2D eigenvalue weighted by atomic mass is 9.74. The molecule has 0 aromatic heterocycles. The number of amides is 2. The Bertz CT molecular complexity index is 1220. The maximum Gasteiger partial charge on any atom is 0.339 e. The zero-order chi connectivity index (χ0) is 22.3. The standard InChI is InChI=1S/C26H20N2O4/c1-32-25(31)26(18-13-7-3-8-14-18)21-20(22(27-26)17-11-5-2-6-12-17)23(29)28(24(21)30)19-15-9-4-10-16-19/h2-16,20-21H,1H3/t20-,21-,26+/m0/s1. The fourth-order valence-electron chi connectivity index (χ4n) is 4.76. The third-order valence-electron chi connectivity index (χ3n) is 6.14. The summed E-state index contributed by atoms with van der Waals surface area (Å²) < 4.78 is 5.18. The van der Waals surface area contributed by atoms with Gasteiger partial charge in [0.15, 0.2) is 5.54 Å². The number of nitrogens with zero attached hydrogens (tertiary/aromatic N) is 2. The highest BCUT2D eigenvalue weighted by atomic mass is 16.5. The molecule has 6 heteroatoms. The molecule has 0 spiro atoms. The Balaban J connectivity index is 1.78. The van der Waals surface area contributed by atoms with Gasteiger partial charge in [0, 0.05) is 0 Å². The Kier molecular flexibility index (Phi) is 4.70. The lowest BCUT2D eigenvalue weighted by Crippen LogP contribution is -2.45. The van der Waals surface area contributed by atoms with E-state index in [0.717, 1.165) is 0 Å². The van der Waals surface area contributed by atoms with Gasteiger partial charge >= 0.3 is 5.97 Å². The molecular formula is C26H20N2O4. The molecule has 5 rings (SSSR count). The second-order valence-corrected chi connectivity index (χ2v) is 7.79. The maximum atomic E-state index is 13.8. The van der Waals surface area contributed by atoms with Gasteiger partial charge in [0.2, 0.25) is 11.8 Å². The number of aliphatic imine (C=N–C) groups is 1. The van der Waals surface area contributed by atoms with E-state index in [2.05, 4.69) is 0 Å². The molecule has 3 aromatic rings. The van der Waals surface area contributed by atoms with Crippen molar-refractivity contribution in [3.05, 3.63) is 102 Å². The first-order valence-corrected chi connectivity index (χ1v) is 10.3. The summed E-state index contributed by atoms with van der Waals surface area (Å²) in [6.45, 7) is 0. The lowest BCUT2D eigenvalue weighted by Gasteiger charge is -2.29. The van der Waals surface area contributed by atoms with Gasteiger partial charge in [0.05, 0.1) is 30.3 Å². The number of hydrogen-bond donors (Lipinski definition) is 0. The first kappa shape index (κ1) is 19.9. The number of ether oxygens (including phenoxy) is 1. The molecule has 3 atom stereocenters. The van der Waals surface area contributed by atoms with Crippen molar-refractivity contribution in [1.82, 2.24) is 0 Å². The number of para-hydroxylation sites is 1. The summed E-state index contributed by atoms with van der Waals surface area (Å²) in [7, 11) is 1.27. The summed E-state index contributed by atoms with van der Waals surface area (Å²) in [5.41, 5.74) is 0.448. The molecule has 6 nitrogen and oxygen atoms in total. The van der Waals surface area contributed by atoms with Crippen LogP contribution in [0.4, 0.5) is 5.69 Å². The minimum absolute atomic E-state index is 0.393. The van der Waals surface area contributed by atoms with E-state index >= 15 is 0 Å². The number of carbonyl (C=O) groups excluding carboxylic acids is 3. The van der Waals surface area contributed by atoms with Crippen LogP contribution in [0.3, 0.4) is 0 Å². The van der Waals surface area contributed by atoms with Crippen LogP contribution in [0, 0.1) is 11.8 Å². The van der Waals surface area contributed by atoms with Gasteiger partial charge in [-0.2, -0.15) is 0 Å². The molecule has 2 heterocycles. The molecule has 0 aliphatic carbocycles. The third-order valence-corrected chi connectivity index (χ3v) is 6.14. The van der Waals surface area contributed by atoms with Crippen LogP contribution >= 0.6 is 0 Å². The molecule has 0 saturated carbocycles. The topological polar surface area (TPSA) is 76.0 Å². The number of imide groups is 1. The SMILES string of the molecule is COC(=O)[C@]1(c2ccccc2)N=C(c2ccccc2)[C@H]2C(=O)N(c3ccccc3)C(=O)[C@H]21. The van der Waals surface area contributed by atoms with Gasteiger partial charge in [0.25, 0.3) is 0 Å². The van der Waals surface area contributed by atoms with Crippen LogP contribution in [0.25, 0.3) is 0 Å².